The molecule has 1 heterocycles. The normalized spacial score (nSPS) is 11.2. The van der Waals surface area contributed by atoms with Gasteiger partial charge < -0.3 is 5.32 Å². The molecule has 0 radical (unpaired) electrons. The van der Waals surface area contributed by atoms with E-state index in [9.17, 15) is 0 Å². The van der Waals surface area contributed by atoms with Gasteiger partial charge in [0.2, 0.25) is 0 Å². The lowest BCUT2D eigenvalue weighted by atomic mass is 10.1. The number of aromatic nitrogens is 2. The van der Waals surface area contributed by atoms with Crippen LogP contribution in [0.25, 0.3) is 0 Å². The van der Waals surface area contributed by atoms with E-state index in [0.717, 1.165) is 22.9 Å². The molecule has 0 amide bonds. The van der Waals surface area contributed by atoms with Crippen molar-refractivity contribution in [2.45, 2.75) is 47.2 Å². The summed E-state index contributed by atoms with van der Waals surface area (Å²) < 4.78 is 2.06. The van der Waals surface area contributed by atoms with Gasteiger partial charge >= 0.3 is 0 Å². The molecule has 0 unspecified atom stereocenters. The number of benzene rings is 1. The van der Waals surface area contributed by atoms with E-state index < -0.39 is 0 Å². The molecular formula is C16H22ClN3. The molecule has 0 aliphatic rings. The fourth-order valence-corrected chi connectivity index (χ4v) is 2.69. The summed E-state index contributed by atoms with van der Waals surface area (Å²) in [6.45, 7) is 11.3. The molecule has 0 fully saturated rings. The Hall–Kier alpha value is -1.48. The number of aryl methyl sites for hydroxylation is 2. The summed E-state index contributed by atoms with van der Waals surface area (Å²) in [6, 6.07) is 6.38. The van der Waals surface area contributed by atoms with Crippen LogP contribution in [0.3, 0.4) is 0 Å². The Labute approximate surface area is 126 Å². The third-order valence-corrected chi connectivity index (χ3v) is 3.81. The van der Waals surface area contributed by atoms with Gasteiger partial charge in [0.25, 0.3) is 0 Å². The van der Waals surface area contributed by atoms with Crippen LogP contribution >= 0.6 is 11.6 Å². The second kappa shape index (κ2) is 5.88. The Morgan fingerprint density at radius 1 is 1.25 bits per heavy atom. The van der Waals surface area contributed by atoms with Gasteiger partial charge in [-0.25, -0.2) is 0 Å². The van der Waals surface area contributed by atoms with E-state index in [4.69, 9.17) is 11.6 Å². The molecule has 4 heteroatoms. The molecule has 0 aliphatic carbocycles. The van der Waals surface area contributed by atoms with Gasteiger partial charge in [0.15, 0.2) is 0 Å². The monoisotopic (exact) mass is 291 g/mol. The van der Waals surface area contributed by atoms with Gasteiger partial charge in [0.05, 0.1) is 17.1 Å². The molecule has 1 aromatic heterocycles. The summed E-state index contributed by atoms with van der Waals surface area (Å²) >= 11 is 5.99. The van der Waals surface area contributed by atoms with Crippen molar-refractivity contribution in [2.75, 3.05) is 5.32 Å². The van der Waals surface area contributed by atoms with Crippen molar-refractivity contribution in [2.24, 2.45) is 0 Å². The Morgan fingerprint density at radius 3 is 2.50 bits per heavy atom. The van der Waals surface area contributed by atoms with E-state index in [1.807, 2.05) is 19.1 Å². The molecule has 20 heavy (non-hydrogen) atoms. The average molecular weight is 292 g/mol. The highest BCUT2D eigenvalue weighted by atomic mass is 35.5. The Bertz CT molecular complexity index is 614. The van der Waals surface area contributed by atoms with E-state index in [1.165, 1.54) is 16.8 Å². The molecule has 0 bridgehead atoms. The third kappa shape index (κ3) is 2.98. The lowest BCUT2D eigenvalue weighted by Crippen LogP contribution is -2.06. The van der Waals surface area contributed by atoms with Crippen molar-refractivity contribution in [3.63, 3.8) is 0 Å². The van der Waals surface area contributed by atoms with Crippen molar-refractivity contribution in [3.05, 3.63) is 45.7 Å². The molecule has 3 nitrogen and oxygen atoms in total. The number of nitrogens with one attached hydrogen (secondary N) is 1. The predicted molar refractivity (Wildman–Crippen MR) is 85.6 cm³/mol. The van der Waals surface area contributed by atoms with Gasteiger partial charge in [-0.3, -0.25) is 4.68 Å². The number of halogens is 1. The molecule has 0 saturated carbocycles. The SMILES string of the molecule is Cc1cc(Cl)ccc1CNc1c(C)nn(C(C)C)c1C. The molecule has 108 valence electrons. The first-order valence-corrected chi connectivity index (χ1v) is 7.32. The van der Waals surface area contributed by atoms with Crippen LogP contribution in [0.5, 0.6) is 0 Å². The van der Waals surface area contributed by atoms with Crippen LogP contribution in [-0.4, -0.2) is 9.78 Å². The summed E-state index contributed by atoms with van der Waals surface area (Å²) in [5.74, 6) is 0. The minimum absolute atomic E-state index is 0.376. The summed E-state index contributed by atoms with van der Waals surface area (Å²) in [6.07, 6.45) is 0. The lowest BCUT2D eigenvalue weighted by Gasteiger charge is -2.11. The van der Waals surface area contributed by atoms with Gasteiger partial charge in [0.1, 0.15) is 0 Å². The van der Waals surface area contributed by atoms with E-state index in [2.05, 4.69) is 48.9 Å². The van der Waals surface area contributed by atoms with E-state index in [-0.39, 0.29) is 0 Å². The molecule has 0 atom stereocenters. The van der Waals surface area contributed by atoms with E-state index in [0.29, 0.717) is 6.04 Å². The molecule has 2 rings (SSSR count). The van der Waals surface area contributed by atoms with Crippen LogP contribution < -0.4 is 5.32 Å². The Balaban J connectivity index is 2.19. The van der Waals surface area contributed by atoms with Crippen LogP contribution in [0.4, 0.5) is 5.69 Å². The van der Waals surface area contributed by atoms with Crippen LogP contribution in [0.15, 0.2) is 18.2 Å². The first-order chi connectivity index (χ1) is 9.40. The topological polar surface area (TPSA) is 29.9 Å². The number of hydrogen-bond donors (Lipinski definition) is 1. The van der Waals surface area contributed by atoms with E-state index in [1.54, 1.807) is 0 Å². The molecule has 2 aromatic rings. The van der Waals surface area contributed by atoms with Crippen molar-refractivity contribution >= 4 is 17.3 Å². The zero-order valence-corrected chi connectivity index (χ0v) is 13.5. The van der Waals surface area contributed by atoms with Crippen LogP contribution in [0.2, 0.25) is 5.02 Å². The second-order valence-electron chi connectivity index (χ2n) is 5.51. The summed E-state index contributed by atoms with van der Waals surface area (Å²) in [5.41, 5.74) is 5.82. The smallest absolute Gasteiger partial charge is 0.0828 e. The molecular weight excluding hydrogens is 270 g/mol. The highest BCUT2D eigenvalue weighted by molar-refractivity contribution is 6.30. The molecule has 1 aromatic carbocycles. The molecule has 1 N–H and O–H groups in total. The molecule has 0 saturated heterocycles. The van der Waals surface area contributed by atoms with Crippen molar-refractivity contribution in [3.8, 4) is 0 Å². The molecule has 0 aliphatic heterocycles. The fraction of sp³-hybridized carbons (Fsp3) is 0.438. The van der Waals surface area contributed by atoms with Crippen LogP contribution in [0, 0.1) is 20.8 Å². The maximum absolute atomic E-state index is 5.99. The number of hydrogen-bond acceptors (Lipinski definition) is 2. The van der Waals surface area contributed by atoms with Crippen molar-refractivity contribution in [1.82, 2.24) is 9.78 Å². The summed E-state index contributed by atoms with van der Waals surface area (Å²) in [5, 5.41) is 8.88. The maximum Gasteiger partial charge on any atom is 0.0828 e. The number of anilines is 1. The Morgan fingerprint density at radius 2 is 1.95 bits per heavy atom. The van der Waals surface area contributed by atoms with Crippen molar-refractivity contribution in [1.29, 1.82) is 0 Å². The summed E-state index contributed by atoms with van der Waals surface area (Å²) in [7, 11) is 0. The largest absolute Gasteiger partial charge is 0.378 e. The van der Waals surface area contributed by atoms with Crippen molar-refractivity contribution < 1.29 is 0 Å². The Kier molecular flexibility index (Phi) is 4.39. The minimum atomic E-state index is 0.376. The quantitative estimate of drug-likeness (QED) is 0.888. The fourth-order valence-electron chi connectivity index (χ4n) is 2.46. The van der Waals surface area contributed by atoms with Crippen LogP contribution in [-0.2, 0) is 6.54 Å². The standard InChI is InChI=1S/C16H22ClN3/c1-10(2)20-13(5)16(12(4)19-20)18-9-14-6-7-15(17)8-11(14)3/h6-8,10,18H,9H2,1-5H3. The van der Waals surface area contributed by atoms with E-state index >= 15 is 0 Å². The zero-order valence-electron chi connectivity index (χ0n) is 12.8. The van der Waals surface area contributed by atoms with Crippen LogP contribution in [0.1, 0.15) is 42.4 Å². The second-order valence-corrected chi connectivity index (χ2v) is 5.94. The summed E-state index contributed by atoms with van der Waals surface area (Å²) in [4.78, 5) is 0. The van der Waals surface area contributed by atoms with Gasteiger partial charge in [-0.05, 0) is 57.9 Å². The average Bonchev–Trinajstić information content (AvgIpc) is 2.65. The molecule has 0 spiro atoms. The van der Waals surface area contributed by atoms with Gasteiger partial charge in [-0.1, -0.05) is 17.7 Å². The first-order valence-electron chi connectivity index (χ1n) is 6.94. The lowest BCUT2D eigenvalue weighted by molar-refractivity contribution is 0.516. The zero-order chi connectivity index (χ0) is 14.9. The highest BCUT2D eigenvalue weighted by Gasteiger charge is 2.13. The number of nitrogens with zero attached hydrogens (tertiary/aromatic N) is 2. The van der Waals surface area contributed by atoms with Gasteiger partial charge in [-0.2, -0.15) is 5.10 Å². The first kappa shape index (κ1) is 14.9. The maximum atomic E-state index is 5.99. The minimum Gasteiger partial charge on any atom is -0.378 e. The van der Waals surface area contributed by atoms with Gasteiger partial charge in [0, 0.05) is 17.6 Å². The van der Waals surface area contributed by atoms with Gasteiger partial charge in [-0.15, -0.1) is 0 Å². The predicted octanol–water partition coefficient (Wildman–Crippen LogP) is 4.65. The highest BCUT2D eigenvalue weighted by Crippen LogP contribution is 2.24. The number of rotatable bonds is 4. The third-order valence-electron chi connectivity index (χ3n) is 3.57.